The summed E-state index contributed by atoms with van der Waals surface area (Å²) >= 11 is 0. The number of aliphatic carboxylic acids is 2. The maximum absolute atomic E-state index is 13.3. The number of carboxylic acids is 2. The fourth-order valence-corrected chi connectivity index (χ4v) is 7.27. The molecule has 4 rings (SSSR count). The van der Waals surface area contributed by atoms with E-state index in [9.17, 15) is 29.7 Å². The summed E-state index contributed by atoms with van der Waals surface area (Å²) in [7, 11) is 0. The second-order valence-electron chi connectivity index (χ2n) is 11.3. The van der Waals surface area contributed by atoms with Gasteiger partial charge in [-0.2, -0.15) is 0 Å². The van der Waals surface area contributed by atoms with Gasteiger partial charge in [0.1, 0.15) is 11.8 Å². The first-order valence-corrected chi connectivity index (χ1v) is 12.9. The molecule has 7 nitrogen and oxygen atoms in total. The van der Waals surface area contributed by atoms with Gasteiger partial charge in [-0.3, -0.25) is 9.59 Å². The molecule has 1 heterocycles. The lowest BCUT2D eigenvalue weighted by Crippen LogP contribution is -2.53. The number of phenols is 1. The summed E-state index contributed by atoms with van der Waals surface area (Å²) in [5.41, 5.74) is 1.58. The molecule has 3 N–H and O–H groups in total. The van der Waals surface area contributed by atoms with E-state index in [0.29, 0.717) is 24.8 Å². The van der Waals surface area contributed by atoms with Gasteiger partial charge in [0.05, 0.1) is 5.41 Å². The number of hydrogen-bond donors (Lipinski definition) is 3. The van der Waals surface area contributed by atoms with Gasteiger partial charge in [0.2, 0.25) is 0 Å². The van der Waals surface area contributed by atoms with Gasteiger partial charge in [-0.15, -0.1) is 0 Å². The molecule has 3 aliphatic rings. The summed E-state index contributed by atoms with van der Waals surface area (Å²) in [5, 5.41) is 29.4. The predicted octanol–water partition coefficient (Wildman–Crippen LogP) is 4.80. The highest BCUT2D eigenvalue weighted by Crippen LogP contribution is 2.62. The number of benzene rings is 1. The first-order valence-electron chi connectivity index (χ1n) is 12.9. The number of aromatic hydroxyl groups is 1. The number of nitrogens with zero attached hydrogens (tertiary/aromatic N) is 1. The Morgan fingerprint density at radius 1 is 1.17 bits per heavy atom. The Kier molecular flexibility index (Phi) is 7.04. The zero-order valence-electron chi connectivity index (χ0n) is 21.2. The SMILES string of the molecule is C=C1CCC2C(C)(C(=O)O)CCCC2(C)C1CCC1=CCN(C(Cc2ccc(O)cc2)C(=O)O)C1=O. The van der Waals surface area contributed by atoms with E-state index in [4.69, 9.17) is 0 Å². The number of carbonyl (C=O) groups is 3. The van der Waals surface area contributed by atoms with Crippen LogP contribution in [-0.2, 0) is 20.8 Å². The van der Waals surface area contributed by atoms with Crippen molar-refractivity contribution in [1.82, 2.24) is 4.90 Å². The van der Waals surface area contributed by atoms with Crippen LogP contribution in [0.5, 0.6) is 5.75 Å². The number of rotatable bonds is 8. The second-order valence-corrected chi connectivity index (χ2v) is 11.3. The van der Waals surface area contributed by atoms with Crippen LogP contribution in [0, 0.1) is 22.7 Å². The number of amides is 1. The van der Waals surface area contributed by atoms with Crippen LogP contribution in [0.4, 0.5) is 0 Å². The lowest BCUT2D eigenvalue weighted by Gasteiger charge is -2.57. The van der Waals surface area contributed by atoms with Gasteiger partial charge in [0.15, 0.2) is 0 Å². The highest BCUT2D eigenvalue weighted by molar-refractivity contribution is 5.98. The average molecular weight is 496 g/mol. The van der Waals surface area contributed by atoms with Crippen molar-refractivity contribution in [2.75, 3.05) is 6.54 Å². The maximum Gasteiger partial charge on any atom is 0.326 e. The fourth-order valence-electron chi connectivity index (χ4n) is 7.27. The van der Waals surface area contributed by atoms with Crippen LogP contribution in [0.15, 0.2) is 48.1 Å². The molecule has 0 bridgehead atoms. The van der Waals surface area contributed by atoms with Crippen LogP contribution in [-0.4, -0.2) is 50.7 Å². The highest BCUT2D eigenvalue weighted by Gasteiger charge is 2.57. The summed E-state index contributed by atoms with van der Waals surface area (Å²) in [6.45, 7) is 8.71. The largest absolute Gasteiger partial charge is 0.508 e. The van der Waals surface area contributed by atoms with Gasteiger partial charge in [0, 0.05) is 18.5 Å². The Bertz CT molecular complexity index is 1090. The molecule has 7 heteroatoms. The third-order valence-electron chi connectivity index (χ3n) is 9.31. The van der Waals surface area contributed by atoms with Crippen molar-refractivity contribution in [3.63, 3.8) is 0 Å². The van der Waals surface area contributed by atoms with Gasteiger partial charge in [-0.1, -0.05) is 43.7 Å². The van der Waals surface area contributed by atoms with Gasteiger partial charge in [-0.05, 0) is 80.4 Å². The molecule has 2 fully saturated rings. The summed E-state index contributed by atoms with van der Waals surface area (Å²) in [6, 6.07) is 5.36. The molecule has 1 aromatic carbocycles. The molecule has 5 unspecified atom stereocenters. The summed E-state index contributed by atoms with van der Waals surface area (Å²) in [4.78, 5) is 38.9. The first-order chi connectivity index (χ1) is 17.0. The molecular weight excluding hydrogens is 458 g/mol. The fraction of sp³-hybridized carbons (Fsp3) is 0.552. The minimum atomic E-state index is -1.06. The van der Waals surface area contributed by atoms with Crippen molar-refractivity contribution in [3.8, 4) is 5.75 Å². The number of phenolic OH excluding ortho intramolecular Hbond substituents is 1. The van der Waals surface area contributed by atoms with Crippen molar-refractivity contribution < 1.29 is 29.7 Å². The van der Waals surface area contributed by atoms with E-state index >= 15 is 0 Å². The number of carbonyl (C=O) groups excluding carboxylic acids is 1. The van der Waals surface area contributed by atoms with Crippen LogP contribution in [0.2, 0.25) is 0 Å². The van der Waals surface area contributed by atoms with E-state index in [1.807, 2.05) is 13.0 Å². The quantitative estimate of drug-likeness (QED) is 0.446. The summed E-state index contributed by atoms with van der Waals surface area (Å²) in [6.07, 6.45) is 7.39. The molecule has 1 amide bonds. The molecule has 36 heavy (non-hydrogen) atoms. The normalized spacial score (nSPS) is 31.1. The van der Waals surface area contributed by atoms with E-state index in [2.05, 4.69) is 13.5 Å². The predicted molar refractivity (Wildman–Crippen MR) is 135 cm³/mol. The maximum atomic E-state index is 13.3. The van der Waals surface area contributed by atoms with Gasteiger partial charge in [0.25, 0.3) is 5.91 Å². The minimum Gasteiger partial charge on any atom is -0.508 e. The Labute approximate surface area is 212 Å². The van der Waals surface area contributed by atoms with Crippen LogP contribution in [0.25, 0.3) is 0 Å². The molecule has 1 aromatic rings. The minimum absolute atomic E-state index is 0.0678. The zero-order chi connectivity index (χ0) is 26.3. The van der Waals surface area contributed by atoms with Gasteiger partial charge in [-0.25, -0.2) is 4.79 Å². The lowest BCUT2D eigenvalue weighted by atomic mass is 9.46. The van der Waals surface area contributed by atoms with E-state index in [0.717, 1.165) is 36.8 Å². The number of hydrogen-bond acceptors (Lipinski definition) is 4. The molecule has 2 aliphatic carbocycles. The Morgan fingerprint density at radius 3 is 2.50 bits per heavy atom. The molecular formula is C29H37NO6. The molecule has 194 valence electrons. The van der Waals surface area contributed by atoms with Gasteiger partial charge < -0.3 is 20.2 Å². The molecule has 0 spiro atoms. The monoisotopic (exact) mass is 495 g/mol. The lowest BCUT2D eigenvalue weighted by molar-refractivity contribution is -0.164. The number of fused-ring (bicyclic) bond motifs is 1. The Balaban J connectivity index is 1.46. The van der Waals surface area contributed by atoms with Crippen molar-refractivity contribution in [1.29, 1.82) is 0 Å². The summed E-state index contributed by atoms with van der Waals surface area (Å²) < 4.78 is 0. The molecule has 0 radical (unpaired) electrons. The second kappa shape index (κ2) is 9.75. The molecule has 5 atom stereocenters. The third kappa shape index (κ3) is 4.56. The summed E-state index contributed by atoms with van der Waals surface area (Å²) in [5.74, 6) is -1.72. The topological polar surface area (TPSA) is 115 Å². The smallest absolute Gasteiger partial charge is 0.326 e. The van der Waals surface area contributed by atoms with E-state index < -0.39 is 23.4 Å². The molecule has 1 aliphatic heterocycles. The van der Waals surface area contributed by atoms with Crippen molar-refractivity contribution in [2.45, 2.75) is 71.3 Å². The molecule has 2 saturated carbocycles. The van der Waals surface area contributed by atoms with Crippen molar-refractivity contribution in [3.05, 3.63) is 53.6 Å². The van der Waals surface area contributed by atoms with Crippen molar-refractivity contribution >= 4 is 17.8 Å². The van der Waals surface area contributed by atoms with Crippen molar-refractivity contribution in [2.24, 2.45) is 22.7 Å². The van der Waals surface area contributed by atoms with E-state index in [1.54, 1.807) is 12.1 Å². The molecule has 0 saturated heterocycles. The Morgan fingerprint density at radius 2 is 1.86 bits per heavy atom. The van der Waals surface area contributed by atoms with Crippen LogP contribution in [0.3, 0.4) is 0 Å². The number of carboxylic acid groups (broad SMARTS) is 2. The van der Waals surface area contributed by atoms with E-state index in [-0.39, 0.29) is 41.9 Å². The molecule has 0 aromatic heterocycles. The van der Waals surface area contributed by atoms with Crippen LogP contribution in [0.1, 0.15) is 64.4 Å². The average Bonchev–Trinajstić information content (AvgIpc) is 3.17. The zero-order valence-corrected chi connectivity index (χ0v) is 21.2. The first kappa shape index (κ1) is 26.0. The third-order valence-corrected chi connectivity index (χ3v) is 9.31. The van der Waals surface area contributed by atoms with E-state index in [1.165, 1.54) is 17.0 Å². The standard InChI is InChI=1S/C29H37NO6/c1-18-5-12-24-28(2,14-4-15-29(24,3)27(35)36)22(18)11-8-20-13-16-30(25(20)32)23(26(33)34)17-19-6-9-21(31)10-7-19/h6-7,9-10,13,22-24,31H,1,4-5,8,11-12,14-17H2,2-3H3,(H,33,34)(H,35,36). The van der Waals surface area contributed by atoms with Crippen LogP contribution < -0.4 is 0 Å². The Hall–Kier alpha value is -3.09. The van der Waals surface area contributed by atoms with Gasteiger partial charge >= 0.3 is 11.9 Å². The highest BCUT2D eigenvalue weighted by atomic mass is 16.4. The van der Waals surface area contributed by atoms with Crippen LogP contribution >= 0.6 is 0 Å². The number of allylic oxidation sites excluding steroid dienone is 1.